The number of urea groups is 1. The lowest BCUT2D eigenvalue weighted by atomic mass is 9.89. The molecule has 0 spiro atoms. The van der Waals surface area contributed by atoms with E-state index in [1.165, 1.54) is 17.1 Å². The van der Waals surface area contributed by atoms with E-state index in [1.54, 1.807) is 48.9 Å². The largest absolute Gasteiger partial charge is 0.445 e. The fraction of sp³-hybridized carbons (Fsp3) is 0.466. The average molecular weight is 1130 g/mol. The SMILES string of the molecule is CC(C)[C@H](NC(=O)CCCCCN1C(=O)C=CC1=O)C(=O)C[C@@H](CCCNC(N)=O)C(=O)Nc1ccc(COC(=O)N[C@H](CF)CCN(C(=O)CO)[C@@H](c2nc(-c3cc(F)ccc3F)cn2Cc2ccccc2)C2CCOCC2)cc1. The molecule has 2 aliphatic rings. The van der Waals surface area contributed by atoms with Crippen LogP contribution in [0.3, 0.4) is 0 Å². The van der Waals surface area contributed by atoms with Crippen LogP contribution in [0.15, 0.2) is 91.1 Å². The average Bonchev–Trinajstić information content (AvgIpc) is 4.13. The Balaban J connectivity index is 1.06. The van der Waals surface area contributed by atoms with Crippen LogP contribution in [0.5, 0.6) is 0 Å². The highest BCUT2D eigenvalue weighted by Gasteiger charge is 2.38. The zero-order valence-corrected chi connectivity index (χ0v) is 45.6. The van der Waals surface area contributed by atoms with Gasteiger partial charge in [0.05, 0.1) is 23.8 Å². The summed E-state index contributed by atoms with van der Waals surface area (Å²) in [5.74, 6) is -5.20. The van der Waals surface area contributed by atoms with Gasteiger partial charge in [-0.1, -0.05) is 62.7 Å². The molecule has 3 heterocycles. The number of nitrogens with two attached hydrogens (primary N) is 1. The van der Waals surface area contributed by atoms with Gasteiger partial charge in [-0.05, 0) is 98.2 Å². The molecule has 0 radical (unpaired) electrons. The molecule has 436 valence electrons. The van der Waals surface area contributed by atoms with Gasteiger partial charge in [-0.15, -0.1) is 0 Å². The number of hydrogen-bond acceptors (Lipinski definition) is 12. The summed E-state index contributed by atoms with van der Waals surface area (Å²) in [6.07, 6.45) is 5.79. The maximum atomic E-state index is 15.3. The summed E-state index contributed by atoms with van der Waals surface area (Å²) in [4.78, 5) is 110. The van der Waals surface area contributed by atoms with Crippen molar-refractivity contribution in [3.05, 3.63) is 120 Å². The van der Waals surface area contributed by atoms with Crippen LogP contribution in [-0.4, -0.2) is 130 Å². The maximum Gasteiger partial charge on any atom is 0.407 e. The van der Waals surface area contributed by atoms with E-state index >= 15 is 4.39 Å². The molecule has 1 fully saturated rings. The first-order valence-corrected chi connectivity index (χ1v) is 27.3. The number of benzene rings is 3. The summed E-state index contributed by atoms with van der Waals surface area (Å²) < 4.78 is 57.4. The van der Waals surface area contributed by atoms with Crippen molar-refractivity contribution in [2.24, 2.45) is 23.5 Å². The van der Waals surface area contributed by atoms with Crippen LogP contribution in [0.1, 0.15) is 101 Å². The molecule has 0 unspecified atom stereocenters. The monoisotopic (exact) mass is 1130 g/mol. The lowest BCUT2D eigenvalue weighted by Crippen LogP contribution is -2.46. The number of aliphatic hydroxyl groups excluding tert-OH is 1. The van der Waals surface area contributed by atoms with Crippen LogP contribution in [0.4, 0.5) is 28.4 Å². The number of aromatic nitrogens is 2. The Bertz CT molecular complexity index is 2810. The van der Waals surface area contributed by atoms with Crippen LogP contribution in [-0.2, 0) is 51.4 Å². The number of imidazole rings is 1. The normalized spacial score (nSPS) is 15.0. The van der Waals surface area contributed by atoms with Gasteiger partial charge in [0, 0.05) is 87.8 Å². The third kappa shape index (κ3) is 18.8. The van der Waals surface area contributed by atoms with E-state index in [0.29, 0.717) is 68.8 Å². The standard InChI is InChI=1S/C58H72F3N9O11/c1-37(2)53(67-49(73)13-7-4-8-26-69-50(74)20-21-51(69)75)48(72)30-41(12-9-25-63-57(62)78)56(77)64-43-17-14-39(15-18-43)36-81-58(79)65-44(32-59)22-27-70(52(76)35-71)54(40-23-28-80-29-24-40)55-66-47(45-31-42(60)16-19-46(45)61)34-68(55)33-38-10-5-3-6-11-38/h3,5-6,10-11,14-21,31,34,37,40-41,44,53-54,71H,4,7-9,12-13,22-30,32-33,35-36H2,1-2H3,(H,64,77)(H,65,79)(H,67,73)(H3,62,63,78)/t41-,44+,53+,54-/m1/s1. The van der Waals surface area contributed by atoms with Gasteiger partial charge in [0.2, 0.25) is 17.7 Å². The Kier molecular flexibility index (Phi) is 24.0. The van der Waals surface area contributed by atoms with E-state index in [2.05, 4.69) is 21.3 Å². The molecule has 4 aromatic rings. The molecule has 81 heavy (non-hydrogen) atoms. The van der Waals surface area contributed by atoms with Crippen LogP contribution in [0.25, 0.3) is 11.3 Å². The van der Waals surface area contributed by atoms with Crippen LogP contribution in [0.2, 0.25) is 0 Å². The van der Waals surface area contributed by atoms with E-state index in [4.69, 9.17) is 20.2 Å². The number of Topliss-reactive ketones (excluding diaryl/α,β-unsaturated/α-hetero) is 1. The molecular formula is C58H72F3N9O11. The summed E-state index contributed by atoms with van der Waals surface area (Å²) in [6.45, 7) is 2.51. The van der Waals surface area contributed by atoms with Crippen LogP contribution in [0, 0.1) is 29.4 Å². The molecule has 20 nitrogen and oxygen atoms in total. The molecule has 1 saturated heterocycles. The quantitative estimate of drug-likeness (QED) is 0.0236. The molecule has 7 N–H and O–H groups in total. The van der Waals surface area contributed by atoms with Gasteiger partial charge < -0.3 is 51.0 Å². The van der Waals surface area contributed by atoms with E-state index in [1.807, 2.05) is 30.3 Å². The predicted molar refractivity (Wildman–Crippen MR) is 292 cm³/mol. The summed E-state index contributed by atoms with van der Waals surface area (Å²) in [5, 5.41) is 20.9. The summed E-state index contributed by atoms with van der Waals surface area (Å²) in [5.41, 5.74) is 6.95. The highest BCUT2D eigenvalue weighted by atomic mass is 19.1. The first-order valence-electron chi connectivity index (χ1n) is 27.3. The van der Waals surface area contributed by atoms with Gasteiger partial charge in [-0.2, -0.15) is 0 Å². The molecule has 0 saturated carbocycles. The minimum absolute atomic E-state index is 0.0917. The number of halogens is 3. The number of imide groups is 1. The van der Waals surface area contributed by atoms with Gasteiger partial charge in [-0.3, -0.25) is 33.7 Å². The van der Waals surface area contributed by atoms with Crippen molar-refractivity contribution in [2.45, 2.75) is 109 Å². The van der Waals surface area contributed by atoms with E-state index in [-0.39, 0.29) is 105 Å². The Morgan fingerprint density at radius 3 is 2.27 bits per heavy atom. The number of ketones is 1. The molecule has 0 bridgehead atoms. The number of alkyl halides is 1. The number of carbonyl (C=O) groups excluding carboxylic acids is 8. The number of ether oxygens (including phenoxy) is 2. The zero-order chi connectivity index (χ0) is 58.4. The van der Waals surface area contributed by atoms with E-state index in [0.717, 1.165) is 28.7 Å². The smallest absolute Gasteiger partial charge is 0.407 e. The van der Waals surface area contributed by atoms with Crippen molar-refractivity contribution in [1.82, 2.24) is 35.3 Å². The van der Waals surface area contributed by atoms with Gasteiger partial charge in [0.25, 0.3) is 11.8 Å². The molecule has 8 amide bonds. The predicted octanol–water partition coefficient (Wildman–Crippen LogP) is 6.41. The Labute approximate surface area is 468 Å². The van der Waals surface area contributed by atoms with Crippen LogP contribution < -0.4 is 27.0 Å². The molecule has 3 aromatic carbocycles. The zero-order valence-electron chi connectivity index (χ0n) is 45.6. The molecule has 1 aromatic heterocycles. The Morgan fingerprint density at radius 1 is 0.889 bits per heavy atom. The highest BCUT2D eigenvalue weighted by molar-refractivity contribution is 6.12. The number of alkyl carbamates (subject to hydrolysis) is 1. The number of unbranched alkanes of at least 4 members (excludes halogenated alkanes) is 2. The van der Waals surface area contributed by atoms with E-state index in [9.17, 15) is 52.2 Å². The molecular weight excluding hydrogens is 1060 g/mol. The number of nitrogens with zero attached hydrogens (tertiary/aromatic N) is 4. The topological polar surface area (TPSA) is 274 Å². The van der Waals surface area contributed by atoms with Gasteiger partial charge in [-0.25, -0.2) is 27.7 Å². The van der Waals surface area contributed by atoms with Gasteiger partial charge >= 0.3 is 12.1 Å². The number of hydrogen-bond donors (Lipinski definition) is 6. The van der Waals surface area contributed by atoms with Crippen LogP contribution >= 0.6 is 0 Å². The van der Waals surface area contributed by atoms with Crippen molar-refractivity contribution in [2.75, 3.05) is 51.4 Å². The fourth-order valence-corrected chi connectivity index (χ4v) is 9.82. The van der Waals surface area contributed by atoms with Crippen molar-refractivity contribution < 1.29 is 66.1 Å². The number of anilines is 1. The van der Waals surface area contributed by atoms with Crippen molar-refractivity contribution >= 4 is 53.1 Å². The maximum absolute atomic E-state index is 15.3. The lowest BCUT2D eigenvalue weighted by molar-refractivity contribution is -0.139. The number of aliphatic hydroxyl groups is 1. The minimum atomic E-state index is -1.15. The number of amides is 8. The van der Waals surface area contributed by atoms with Crippen molar-refractivity contribution in [3.8, 4) is 11.3 Å². The second kappa shape index (κ2) is 31.2. The number of primary amides is 1. The third-order valence-electron chi connectivity index (χ3n) is 14.2. The molecule has 4 atom stereocenters. The van der Waals surface area contributed by atoms with Crippen molar-refractivity contribution in [3.63, 3.8) is 0 Å². The Hall–Kier alpha value is -7.92. The minimum Gasteiger partial charge on any atom is -0.445 e. The molecule has 0 aliphatic carbocycles. The van der Waals surface area contributed by atoms with Gasteiger partial charge in [0.1, 0.15) is 37.3 Å². The summed E-state index contributed by atoms with van der Waals surface area (Å²) in [7, 11) is 0. The first-order chi connectivity index (χ1) is 38.9. The van der Waals surface area contributed by atoms with Crippen molar-refractivity contribution in [1.29, 1.82) is 0 Å². The lowest BCUT2D eigenvalue weighted by Gasteiger charge is -2.39. The Morgan fingerprint density at radius 2 is 1.60 bits per heavy atom. The summed E-state index contributed by atoms with van der Waals surface area (Å²) >= 11 is 0. The van der Waals surface area contributed by atoms with E-state index < -0.39 is 72.9 Å². The summed E-state index contributed by atoms with van der Waals surface area (Å²) in [6, 6.07) is 15.0. The number of rotatable bonds is 31. The number of nitrogens with one attached hydrogen (secondary N) is 4. The highest BCUT2D eigenvalue weighted by Crippen LogP contribution is 2.37. The third-order valence-corrected chi connectivity index (χ3v) is 14.2. The molecule has 23 heteroatoms. The first kappa shape index (κ1) is 62.3. The second-order valence-corrected chi connectivity index (χ2v) is 20.5. The second-order valence-electron chi connectivity index (χ2n) is 20.5. The number of carbonyl (C=O) groups is 8. The molecule has 2 aliphatic heterocycles. The fourth-order valence-electron chi connectivity index (χ4n) is 9.82. The van der Waals surface area contributed by atoms with Gasteiger partial charge in [0.15, 0.2) is 5.78 Å². The molecule has 6 rings (SSSR count).